The van der Waals surface area contributed by atoms with Gasteiger partial charge in [-0.3, -0.25) is 0 Å². The Morgan fingerprint density at radius 1 is 0.962 bits per heavy atom. The Kier molecular flexibility index (Phi) is 4.23. The maximum atomic E-state index is 9.63. The lowest BCUT2D eigenvalue weighted by molar-refractivity contribution is 0.536. The van der Waals surface area contributed by atoms with E-state index in [9.17, 15) is 5.26 Å². The lowest BCUT2D eigenvalue weighted by atomic mass is 10.2. The molecule has 7 nitrogen and oxygen atoms in total. The average Bonchev–Trinajstić information content (AvgIpc) is 3.12. The molecule has 0 aliphatic rings. The zero-order chi connectivity index (χ0) is 17.8. The van der Waals surface area contributed by atoms with Crippen LogP contribution < -0.4 is 5.32 Å². The number of nitrogens with one attached hydrogen (secondary N) is 1. The first-order valence-electron chi connectivity index (χ1n) is 8.15. The molecule has 126 valence electrons. The van der Waals surface area contributed by atoms with Gasteiger partial charge in [-0.15, -0.1) is 0 Å². The van der Waals surface area contributed by atoms with Crippen molar-refractivity contribution >= 4 is 17.0 Å². The normalized spacial score (nSPS) is 11.8. The van der Waals surface area contributed by atoms with Gasteiger partial charge in [0.15, 0.2) is 6.04 Å². The van der Waals surface area contributed by atoms with Crippen LogP contribution in [-0.4, -0.2) is 25.0 Å². The molecule has 0 radical (unpaired) electrons. The predicted octanol–water partition coefficient (Wildman–Crippen LogP) is 2.95. The summed E-state index contributed by atoms with van der Waals surface area (Å²) in [6.07, 6.45) is 1.63. The van der Waals surface area contributed by atoms with Crippen LogP contribution in [0.4, 0.5) is 5.95 Å². The smallest absolute Gasteiger partial charge is 0.223 e. The average molecular weight is 341 g/mol. The molecule has 1 N–H and O–H groups in total. The fraction of sp³-hybridized carbons (Fsp3) is 0.105. The van der Waals surface area contributed by atoms with Gasteiger partial charge in [0, 0.05) is 12.7 Å². The van der Waals surface area contributed by atoms with Crippen LogP contribution in [0, 0.1) is 11.3 Å². The van der Waals surface area contributed by atoms with Crippen LogP contribution in [0.1, 0.15) is 17.3 Å². The van der Waals surface area contributed by atoms with Crippen LogP contribution in [-0.2, 0) is 6.54 Å². The molecule has 1 unspecified atom stereocenters. The van der Waals surface area contributed by atoms with Crippen LogP contribution in [0.2, 0.25) is 0 Å². The molecular weight excluding hydrogens is 326 g/mol. The fourth-order valence-corrected chi connectivity index (χ4v) is 2.62. The first-order valence-corrected chi connectivity index (χ1v) is 8.15. The number of benzene rings is 2. The highest BCUT2D eigenvalue weighted by molar-refractivity contribution is 5.73. The second-order valence-corrected chi connectivity index (χ2v) is 5.68. The first kappa shape index (κ1) is 15.7. The summed E-state index contributed by atoms with van der Waals surface area (Å²) in [5.41, 5.74) is 3.14. The van der Waals surface area contributed by atoms with Crippen molar-refractivity contribution in [2.45, 2.75) is 12.6 Å². The van der Waals surface area contributed by atoms with E-state index in [4.69, 9.17) is 0 Å². The molecule has 0 saturated carbocycles. The minimum Gasteiger partial charge on any atom is -0.350 e. The van der Waals surface area contributed by atoms with Gasteiger partial charge >= 0.3 is 0 Å². The lowest BCUT2D eigenvalue weighted by Gasteiger charge is -2.10. The molecule has 0 saturated heterocycles. The van der Waals surface area contributed by atoms with Crippen LogP contribution in [0.25, 0.3) is 11.0 Å². The van der Waals surface area contributed by atoms with Crippen molar-refractivity contribution in [1.82, 2.24) is 25.0 Å². The van der Waals surface area contributed by atoms with Gasteiger partial charge < -0.3 is 5.32 Å². The Hall–Kier alpha value is -3.79. The molecule has 2 heterocycles. The Morgan fingerprint density at radius 2 is 1.65 bits per heavy atom. The highest BCUT2D eigenvalue weighted by atomic mass is 15.5. The minimum absolute atomic E-state index is 0.461. The molecule has 0 spiro atoms. The number of hydrogen-bond donors (Lipinski definition) is 1. The Labute approximate surface area is 149 Å². The first-order chi connectivity index (χ1) is 12.8. The van der Waals surface area contributed by atoms with Crippen molar-refractivity contribution in [2.24, 2.45) is 0 Å². The fourth-order valence-electron chi connectivity index (χ4n) is 2.62. The summed E-state index contributed by atoms with van der Waals surface area (Å²) >= 11 is 0. The van der Waals surface area contributed by atoms with E-state index >= 15 is 0 Å². The third-order valence-electron chi connectivity index (χ3n) is 3.91. The topological polar surface area (TPSA) is 92.3 Å². The van der Waals surface area contributed by atoms with Crippen molar-refractivity contribution in [2.75, 3.05) is 5.32 Å². The Morgan fingerprint density at radius 3 is 2.35 bits per heavy atom. The number of rotatable bonds is 5. The molecule has 0 bridgehead atoms. The summed E-state index contributed by atoms with van der Waals surface area (Å²) in [5, 5.41) is 21.6. The molecule has 4 rings (SSSR count). The maximum Gasteiger partial charge on any atom is 0.223 e. The van der Waals surface area contributed by atoms with Crippen molar-refractivity contribution in [3.8, 4) is 6.07 Å². The molecule has 2 aromatic heterocycles. The van der Waals surface area contributed by atoms with Gasteiger partial charge in [-0.1, -0.05) is 42.5 Å². The number of anilines is 1. The number of hydrogen-bond acceptors (Lipinski definition) is 6. The van der Waals surface area contributed by atoms with Crippen molar-refractivity contribution < 1.29 is 0 Å². The highest BCUT2D eigenvalue weighted by Gasteiger charge is 2.18. The van der Waals surface area contributed by atoms with Crippen molar-refractivity contribution in [3.63, 3.8) is 0 Å². The van der Waals surface area contributed by atoms with Gasteiger partial charge in [0.1, 0.15) is 11.0 Å². The van der Waals surface area contributed by atoms with Crippen LogP contribution in [0.3, 0.4) is 0 Å². The monoisotopic (exact) mass is 341 g/mol. The molecule has 7 heteroatoms. The second kappa shape index (κ2) is 6.99. The summed E-state index contributed by atoms with van der Waals surface area (Å²) in [4.78, 5) is 10.1. The third-order valence-corrected chi connectivity index (χ3v) is 3.91. The number of nitriles is 1. The van der Waals surface area contributed by atoms with Crippen molar-refractivity contribution in [1.29, 1.82) is 5.26 Å². The minimum atomic E-state index is -0.720. The number of nitrogens with zero attached hydrogens (tertiary/aromatic N) is 6. The number of fused-ring (bicyclic) bond motifs is 1. The Balaban J connectivity index is 1.58. The molecule has 0 aliphatic heterocycles. The van der Waals surface area contributed by atoms with E-state index in [2.05, 4.69) is 31.6 Å². The Bertz CT molecular complexity index is 1030. The SMILES string of the molecule is N#CC(c1ccnc(NCc2ccccc2)n1)n1nc2ccccc2n1. The van der Waals surface area contributed by atoms with Crippen LogP contribution in [0.15, 0.2) is 66.9 Å². The second-order valence-electron chi connectivity index (χ2n) is 5.68. The molecule has 26 heavy (non-hydrogen) atoms. The van der Waals surface area contributed by atoms with E-state index in [0.29, 0.717) is 18.2 Å². The maximum absolute atomic E-state index is 9.63. The van der Waals surface area contributed by atoms with Crippen molar-refractivity contribution in [3.05, 3.63) is 78.1 Å². The summed E-state index contributed by atoms with van der Waals surface area (Å²) < 4.78 is 0. The van der Waals surface area contributed by atoms with E-state index in [1.165, 1.54) is 4.80 Å². The van der Waals surface area contributed by atoms with E-state index in [1.807, 2.05) is 54.6 Å². The quantitative estimate of drug-likeness (QED) is 0.600. The zero-order valence-corrected chi connectivity index (χ0v) is 13.8. The van der Waals surface area contributed by atoms with Gasteiger partial charge in [-0.2, -0.15) is 20.3 Å². The van der Waals surface area contributed by atoms with E-state index in [0.717, 1.165) is 16.6 Å². The predicted molar refractivity (Wildman–Crippen MR) is 97.1 cm³/mol. The highest BCUT2D eigenvalue weighted by Crippen LogP contribution is 2.17. The lowest BCUT2D eigenvalue weighted by Crippen LogP contribution is -2.15. The molecule has 2 aromatic carbocycles. The van der Waals surface area contributed by atoms with E-state index < -0.39 is 6.04 Å². The van der Waals surface area contributed by atoms with Gasteiger partial charge in [0.2, 0.25) is 5.95 Å². The van der Waals surface area contributed by atoms with Crippen LogP contribution >= 0.6 is 0 Å². The van der Waals surface area contributed by atoms with E-state index in [-0.39, 0.29) is 0 Å². The molecule has 4 aromatic rings. The molecule has 1 atom stereocenters. The van der Waals surface area contributed by atoms with Crippen LogP contribution in [0.5, 0.6) is 0 Å². The van der Waals surface area contributed by atoms with Gasteiger partial charge in [0.05, 0.1) is 11.8 Å². The molecule has 0 fully saturated rings. The number of aromatic nitrogens is 5. The van der Waals surface area contributed by atoms with Gasteiger partial charge in [-0.05, 0) is 23.8 Å². The standard InChI is InChI=1S/C19H15N7/c20-12-18(26-24-15-8-4-5-9-16(15)25-26)17-10-11-21-19(23-17)22-13-14-6-2-1-3-7-14/h1-11,18H,13H2,(H,21,22,23). The van der Waals surface area contributed by atoms with E-state index in [1.54, 1.807) is 12.3 Å². The van der Waals surface area contributed by atoms with Gasteiger partial charge in [-0.25, -0.2) is 9.97 Å². The third kappa shape index (κ3) is 3.21. The summed E-state index contributed by atoms with van der Waals surface area (Å²) in [7, 11) is 0. The molecule has 0 amide bonds. The van der Waals surface area contributed by atoms with Gasteiger partial charge in [0.25, 0.3) is 0 Å². The molecular formula is C19H15N7. The summed E-state index contributed by atoms with van der Waals surface area (Å²) in [5.74, 6) is 0.461. The zero-order valence-electron chi connectivity index (χ0n) is 13.8. The largest absolute Gasteiger partial charge is 0.350 e. The summed E-state index contributed by atoms with van der Waals surface area (Å²) in [6, 6.07) is 20.7. The molecule has 0 aliphatic carbocycles. The summed E-state index contributed by atoms with van der Waals surface area (Å²) in [6.45, 7) is 0.603.